The van der Waals surface area contributed by atoms with Crippen LogP contribution in [0.2, 0.25) is 0 Å². The van der Waals surface area contributed by atoms with Crippen LogP contribution in [0.1, 0.15) is 49.4 Å². The molecular formula is C20H30N4O. The molecule has 0 saturated carbocycles. The van der Waals surface area contributed by atoms with Gasteiger partial charge >= 0.3 is 0 Å². The number of hydrogen-bond donors (Lipinski definition) is 3. The Labute approximate surface area is 151 Å². The second-order valence-corrected chi connectivity index (χ2v) is 6.17. The summed E-state index contributed by atoms with van der Waals surface area (Å²) < 4.78 is 0. The van der Waals surface area contributed by atoms with Crippen molar-refractivity contribution in [3.8, 4) is 0 Å². The molecule has 0 spiro atoms. The predicted molar refractivity (Wildman–Crippen MR) is 104 cm³/mol. The first-order valence-electron chi connectivity index (χ1n) is 9.33. The van der Waals surface area contributed by atoms with Gasteiger partial charge < -0.3 is 16.0 Å². The van der Waals surface area contributed by atoms with E-state index in [0.29, 0.717) is 18.7 Å². The van der Waals surface area contributed by atoms with Crippen LogP contribution >= 0.6 is 0 Å². The van der Waals surface area contributed by atoms with Crippen molar-refractivity contribution in [2.24, 2.45) is 4.99 Å². The molecule has 136 valence electrons. The zero-order valence-corrected chi connectivity index (χ0v) is 15.2. The molecule has 1 amide bonds. The number of benzene rings is 1. The molecule has 5 heteroatoms. The number of allylic oxidation sites excluding steroid dienone is 1. The average molecular weight is 342 g/mol. The summed E-state index contributed by atoms with van der Waals surface area (Å²) in [6.07, 6.45) is 8.50. The minimum absolute atomic E-state index is 0.0476. The monoisotopic (exact) mass is 342 g/mol. The molecule has 0 fully saturated rings. The maximum Gasteiger partial charge on any atom is 0.251 e. The lowest BCUT2D eigenvalue weighted by Crippen LogP contribution is -2.41. The van der Waals surface area contributed by atoms with E-state index in [0.717, 1.165) is 25.5 Å². The summed E-state index contributed by atoms with van der Waals surface area (Å²) >= 11 is 0. The quantitative estimate of drug-likeness (QED) is 0.295. The SMILES string of the molecule is CCNC(=NCCC1=CCCCC1)NCCNC(=O)c1ccccc1. The molecule has 0 unspecified atom stereocenters. The molecule has 0 saturated heterocycles. The number of guanidine groups is 1. The molecule has 25 heavy (non-hydrogen) atoms. The highest BCUT2D eigenvalue weighted by Crippen LogP contribution is 2.19. The fourth-order valence-corrected chi connectivity index (χ4v) is 2.83. The molecule has 0 aliphatic heterocycles. The highest BCUT2D eigenvalue weighted by molar-refractivity contribution is 5.94. The predicted octanol–water partition coefficient (Wildman–Crippen LogP) is 2.86. The number of nitrogens with one attached hydrogen (secondary N) is 3. The Balaban J connectivity index is 1.68. The molecule has 0 bridgehead atoms. The zero-order valence-electron chi connectivity index (χ0n) is 15.2. The van der Waals surface area contributed by atoms with Crippen LogP contribution in [0.25, 0.3) is 0 Å². The summed E-state index contributed by atoms with van der Waals surface area (Å²) in [5.74, 6) is 0.765. The van der Waals surface area contributed by atoms with E-state index in [9.17, 15) is 4.79 Å². The second-order valence-electron chi connectivity index (χ2n) is 6.17. The van der Waals surface area contributed by atoms with E-state index >= 15 is 0 Å². The Kier molecular flexibility index (Phi) is 8.59. The van der Waals surface area contributed by atoms with Gasteiger partial charge in [0.2, 0.25) is 0 Å². The van der Waals surface area contributed by atoms with Gasteiger partial charge in [-0.25, -0.2) is 0 Å². The van der Waals surface area contributed by atoms with Crippen LogP contribution in [0.15, 0.2) is 47.0 Å². The molecule has 0 radical (unpaired) electrons. The molecule has 5 nitrogen and oxygen atoms in total. The molecule has 0 heterocycles. The fraction of sp³-hybridized carbons (Fsp3) is 0.500. The highest BCUT2D eigenvalue weighted by atomic mass is 16.1. The van der Waals surface area contributed by atoms with Crippen LogP contribution in [0.5, 0.6) is 0 Å². The smallest absolute Gasteiger partial charge is 0.251 e. The van der Waals surface area contributed by atoms with Crippen LogP contribution in [0.3, 0.4) is 0 Å². The van der Waals surface area contributed by atoms with E-state index in [1.807, 2.05) is 30.3 Å². The third-order valence-corrected chi connectivity index (χ3v) is 4.17. The van der Waals surface area contributed by atoms with Gasteiger partial charge in [0.25, 0.3) is 5.91 Å². The number of nitrogens with zero attached hydrogens (tertiary/aromatic N) is 1. The summed E-state index contributed by atoms with van der Waals surface area (Å²) in [5.41, 5.74) is 2.23. The van der Waals surface area contributed by atoms with Crippen LogP contribution in [-0.4, -0.2) is 38.0 Å². The lowest BCUT2D eigenvalue weighted by atomic mass is 9.97. The minimum Gasteiger partial charge on any atom is -0.357 e. The van der Waals surface area contributed by atoms with E-state index in [4.69, 9.17) is 0 Å². The van der Waals surface area contributed by atoms with Gasteiger partial charge in [0.05, 0.1) is 0 Å². The topological polar surface area (TPSA) is 65.5 Å². The van der Waals surface area contributed by atoms with E-state index in [1.165, 1.54) is 25.7 Å². The van der Waals surface area contributed by atoms with Gasteiger partial charge in [-0.3, -0.25) is 9.79 Å². The van der Waals surface area contributed by atoms with E-state index in [2.05, 4.69) is 33.9 Å². The van der Waals surface area contributed by atoms with E-state index in [-0.39, 0.29) is 5.91 Å². The third-order valence-electron chi connectivity index (χ3n) is 4.17. The molecule has 1 aliphatic rings. The standard InChI is InChI=1S/C20H30N4O/c1-2-21-20(23-14-13-17-9-5-3-6-10-17)24-16-15-22-19(25)18-11-7-4-8-12-18/h4,7-9,11-12H,2-3,5-6,10,13-16H2,1H3,(H,22,25)(H2,21,23,24). The number of hydrogen-bond acceptors (Lipinski definition) is 2. The summed E-state index contributed by atoms with van der Waals surface area (Å²) in [7, 11) is 0. The van der Waals surface area contributed by atoms with Gasteiger partial charge in [-0.1, -0.05) is 29.8 Å². The van der Waals surface area contributed by atoms with Gasteiger partial charge in [0, 0.05) is 31.7 Å². The zero-order chi connectivity index (χ0) is 17.7. The maximum absolute atomic E-state index is 12.0. The summed E-state index contributed by atoms with van der Waals surface area (Å²) in [4.78, 5) is 16.6. The Morgan fingerprint density at radius 2 is 1.88 bits per heavy atom. The lowest BCUT2D eigenvalue weighted by molar-refractivity contribution is 0.0954. The van der Waals surface area contributed by atoms with Crippen molar-refractivity contribution in [3.63, 3.8) is 0 Å². The summed E-state index contributed by atoms with van der Waals surface area (Å²) in [6.45, 7) is 4.89. The summed E-state index contributed by atoms with van der Waals surface area (Å²) in [6, 6.07) is 9.26. The molecule has 0 atom stereocenters. The van der Waals surface area contributed by atoms with Crippen molar-refractivity contribution >= 4 is 11.9 Å². The Hall–Kier alpha value is -2.30. The molecule has 3 N–H and O–H groups in total. The van der Waals surface area contributed by atoms with Crippen LogP contribution in [-0.2, 0) is 0 Å². The molecule has 1 aromatic carbocycles. The second kappa shape index (κ2) is 11.3. The average Bonchev–Trinajstić information content (AvgIpc) is 2.66. The molecule has 2 rings (SSSR count). The van der Waals surface area contributed by atoms with Crippen molar-refractivity contribution in [2.75, 3.05) is 26.2 Å². The number of rotatable bonds is 8. The number of carbonyl (C=O) groups is 1. The summed E-state index contributed by atoms with van der Waals surface area (Å²) in [5, 5.41) is 9.43. The molecule has 1 aliphatic carbocycles. The maximum atomic E-state index is 12.0. The van der Waals surface area contributed by atoms with Crippen molar-refractivity contribution in [1.82, 2.24) is 16.0 Å². The van der Waals surface area contributed by atoms with Gasteiger partial charge in [-0.2, -0.15) is 0 Å². The van der Waals surface area contributed by atoms with Gasteiger partial charge in [-0.05, 0) is 51.2 Å². The Bertz CT molecular complexity index is 581. The van der Waals surface area contributed by atoms with Gasteiger partial charge in [0.15, 0.2) is 5.96 Å². The highest BCUT2D eigenvalue weighted by Gasteiger charge is 2.05. The minimum atomic E-state index is -0.0476. The molecular weight excluding hydrogens is 312 g/mol. The van der Waals surface area contributed by atoms with Crippen molar-refractivity contribution in [2.45, 2.75) is 39.0 Å². The van der Waals surface area contributed by atoms with Gasteiger partial charge in [-0.15, -0.1) is 0 Å². The normalized spacial score (nSPS) is 14.6. The largest absolute Gasteiger partial charge is 0.357 e. The first kappa shape index (κ1) is 19.0. The first-order chi connectivity index (χ1) is 12.3. The molecule has 0 aromatic heterocycles. The van der Waals surface area contributed by atoms with Crippen molar-refractivity contribution in [3.05, 3.63) is 47.5 Å². The van der Waals surface area contributed by atoms with Crippen molar-refractivity contribution < 1.29 is 4.79 Å². The van der Waals surface area contributed by atoms with Crippen LogP contribution in [0, 0.1) is 0 Å². The lowest BCUT2D eigenvalue weighted by Gasteiger charge is -2.13. The van der Waals surface area contributed by atoms with E-state index in [1.54, 1.807) is 5.57 Å². The van der Waals surface area contributed by atoms with E-state index < -0.39 is 0 Å². The number of aliphatic imine (C=N–C) groups is 1. The Morgan fingerprint density at radius 3 is 2.60 bits per heavy atom. The van der Waals surface area contributed by atoms with Crippen molar-refractivity contribution in [1.29, 1.82) is 0 Å². The molecule has 1 aromatic rings. The first-order valence-corrected chi connectivity index (χ1v) is 9.33. The van der Waals surface area contributed by atoms with Crippen LogP contribution < -0.4 is 16.0 Å². The number of carbonyl (C=O) groups excluding carboxylic acids is 1. The third kappa shape index (κ3) is 7.42. The Morgan fingerprint density at radius 1 is 1.08 bits per heavy atom. The fourth-order valence-electron chi connectivity index (χ4n) is 2.83. The van der Waals surface area contributed by atoms with Crippen LogP contribution in [0.4, 0.5) is 0 Å². The van der Waals surface area contributed by atoms with Gasteiger partial charge in [0.1, 0.15) is 0 Å². The number of amides is 1.